The van der Waals surface area contributed by atoms with Gasteiger partial charge in [-0.25, -0.2) is 14.6 Å². The molecule has 25 heavy (non-hydrogen) atoms. The number of anilines is 1. The first-order chi connectivity index (χ1) is 11.9. The van der Waals surface area contributed by atoms with E-state index in [9.17, 15) is 9.90 Å². The molecule has 2 aromatic heterocycles. The molecule has 1 saturated heterocycles. The number of nitrogens with zero attached hydrogens (tertiary/aromatic N) is 5. The number of carbonyl (C=O) groups excluding carboxylic acids is 1. The van der Waals surface area contributed by atoms with Crippen LogP contribution in [0.4, 0.5) is 5.82 Å². The van der Waals surface area contributed by atoms with Gasteiger partial charge in [0.25, 0.3) is 0 Å². The van der Waals surface area contributed by atoms with Gasteiger partial charge in [-0.15, -0.1) is 0 Å². The summed E-state index contributed by atoms with van der Waals surface area (Å²) in [5.41, 5.74) is -1.86. The highest BCUT2D eigenvalue weighted by Gasteiger charge is 2.37. The monoisotopic (exact) mass is 344 g/mol. The lowest BCUT2D eigenvalue weighted by Crippen LogP contribution is -2.56. The van der Waals surface area contributed by atoms with Crippen LogP contribution in [0.2, 0.25) is 0 Å². The third kappa shape index (κ3) is 3.79. The van der Waals surface area contributed by atoms with E-state index in [1.165, 1.54) is 17.3 Å². The lowest BCUT2D eigenvalue weighted by molar-refractivity contribution is -0.130. The molecular weight excluding hydrogens is 320 g/mol. The third-order valence-electron chi connectivity index (χ3n) is 4.65. The molecule has 2 aromatic rings. The van der Waals surface area contributed by atoms with Gasteiger partial charge >= 0.3 is 0 Å². The van der Waals surface area contributed by atoms with E-state index in [1.807, 2.05) is 18.2 Å². The zero-order valence-electron chi connectivity index (χ0n) is 14.6. The van der Waals surface area contributed by atoms with Gasteiger partial charge in [-0.3, -0.25) is 4.79 Å². The highest BCUT2D eigenvalue weighted by Crippen LogP contribution is 2.24. The van der Waals surface area contributed by atoms with Crippen LogP contribution in [0.5, 0.6) is 0 Å². The van der Waals surface area contributed by atoms with E-state index >= 15 is 0 Å². The van der Waals surface area contributed by atoms with Crippen LogP contribution in [-0.4, -0.2) is 56.0 Å². The van der Waals surface area contributed by atoms with E-state index < -0.39 is 11.1 Å². The summed E-state index contributed by atoms with van der Waals surface area (Å²) in [5.74, 6) is 0.635. The SMILES string of the molecule is CC(C)(C(=O)NCC1(O)CCCN(c2ccccn2)C1)n1cncn1. The smallest absolute Gasteiger partial charge is 0.247 e. The van der Waals surface area contributed by atoms with Crippen LogP contribution < -0.4 is 10.2 Å². The van der Waals surface area contributed by atoms with Crippen molar-refractivity contribution in [2.75, 3.05) is 24.5 Å². The Bertz CT molecular complexity index is 703. The van der Waals surface area contributed by atoms with Crippen LogP contribution in [0.25, 0.3) is 0 Å². The fourth-order valence-corrected chi connectivity index (χ4v) is 3.06. The van der Waals surface area contributed by atoms with Crippen LogP contribution in [0.3, 0.4) is 0 Å². The molecule has 1 fully saturated rings. The van der Waals surface area contributed by atoms with Gasteiger partial charge in [-0.1, -0.05) is 6.07 Å². The van der Waals surface area contributed by atoms with Gasteiger partial charge in [0.15, 0.2) is 0 Å². The van der Waals surface area contributed by atoms with Gasteiger partial charge in [0.2, 0.25) is 5.91 Å². The number of rotatable bonds is 5. The summed E-state index contributed by atoms with van der Waals surface area (Å²) in [7, 11) is 0. The van der Waals surface area contributed by atoms with E-state index in [0.717, 1.165) is 18.8 Å². The maximum absolute atomic E-state index is 12.6. The van der Waals surface area contributed by atoms with Crippen molar-refractivity contribution in [1.82, 2.24) is 25.1 Å². The van der Waals surface area contributed by atoms with E-state index in [2.05, 4.69) is 25.3 Å². The minimum absolute atomic E-state index is 0.188. The molecule has 0 radical (unpaired) electrons. The molecule has 2 N–H and O–H groups in total. The zero-order chi connectivity index (χ0) is 17.9. The van der Waals surface area contributed by atoms with Crippen molar-refractivity contribution in [3.05, 3.63) is 37.1 Å². The van der Waals surface area contributed by atoms with Crippen LogP contribution in [-0.2, 0) is 10.3 Å². The number of pyridine rings is 1. The van der Waals surface area contributed by atoms with Crippen LogP contribution in [0.1, 0.15) is 26.7 Å². The molecule has 8 nitrogen and oxygen atoms in total. The molecule has 1 aliphatic rings. The van der Waals surface area contributed by atoms with Gasteiger partial charge in [-0.05, 0) is 38.8 Å². The molecule has 0 bridgehead atoms. The number of amides is 1. The lowest BCUT2D eigenvalue weighted by atomic mass is 9.92. The van der Waals surface area contributed by atoms with E-state index in [-0.39, 0.29) is 12.5 Å². The van der Waals surface area contributed by atoms with Gasteiger partial charge in [0.05, 0.1) is 5.60 Å². The summed E-state index contributed by atoms with van der Waals surface area (Å²) < 4.78 is 1.51. The number of β-amino-alcohol motifs (C(OH)–C–C–N with tert-alkyl or cyclic N) is 1. The number of nitrogens with one attached hydrogen (secondary N) is 1. The van der Waals surface area contributed by atoms with Crippen molar-refractivity contribution < 1.29 is 9.90 Å². The summed E-state index contributed by atoms with van der Waals surface area (Å²) in [4.78, 5) is 22.8. The van der Waals surface area contributed by atoms with Crippen molar-refractivity contribution in [2.45, 2.75) is 37.8 Å². The Labute approximate surface area is 146 Å². The Morgan fingerprint density at radius 2 is 2.28 bits per heavy atom. The molecule has 134 valence electrons. The Hall–Kier alpha value is -2.48. The average molecular weight is 344 g/mol. The molecule has 0 aliphatic carbocycles. The molecule has 3 heterocycles. The first-order valence-corrected chi connectivity index (χ1v) is 8.42. The maximum atomic E-state index is 12.6. The van der Waals surface area contributed by atoms with E-state index in [4.69, 9.17) is 0 Å². The lowest BCUT2D eigenvalue weighted by Gasteiger charge is -2.40. The topological polar surface area (TPSA) is 96.2 Å². The number of piperidine rings is 1. The summed E-state index contributed by atoms with van der Waals surface area (Å²) in [5, 5.41) is 17.8. The van der Waals surface area contributed by atoms with Crippen molar-refractivity contribution in [2.24, 2.45) is 0 Å². The number of aromatic nitrogens is 4. The number of hydrogen-bond donors (Lipinski definition) is 2. The quantitative estimate of drug-likeness (QED) is 0.823. The zero-order valence-corrected chi connectivity index (χ0v) is 14.6. The van der Waals surface area contributed by atoms with Gasteiger partial charge in [0, 0.05) is 25.8 Å². The Balaban J connectivity index is 1.63. The minimum Gasteiger partial charge on any atom is -0.386 e. The summed E-state index contributed by atoms with van der Waals surface area (Å²) >= 11 is 0. The second-order valence-electron chi connectivity index (χ2n) is 7.02. The minimum atomic E-state index is -0.982. The van der Waals surface area contributed by atoms with Crippen LogP contribution in [0, 0.1) is 0 Å². The van der Waals surface area contributed by atoms with Crippen molar-refractivity contribution in [1.29, 1.82) is 0 Å². The third-order valence-corrected chi connectivity index (χ3v) is 4.65. The molecule has 0 aromatic carbocycles. The molecule has 1 amide bonds. The predicted octanol–water partition coefficient (Wildman–Crippen LogP) is 0.556. The van der Waals surface area contributed by atoms with Crippen LogP contribution in [0.15, 0.2) is 37.1 Å². The maximum Gasteiger partial charge on any atom is 0.247 e. The molecule has 1 aliphatic heterocycles. The highest BCUT2D eigenvalue weighted by molar-refractivity contribution is 5.83. The number of hydrogen-bond acceptors (Lipinski definition) is 6. The largest absolute Gasteiger partial charge is 0.386 e. The van der Waals surface area contributed by atoms with Crippen molar-refractivity contribution >= 4 is 11.7 Å². The summed E-state index contributed by atoms with van der Waals surface area (Å²) in [6.07, 6.45) is 6.13. The average Bonchev–Trinajstić information content (AvgIpc) is 3.16. The van der Waals surface area contributed by atoms with Crippen LogP contribution >= 0.6 is 0 Å². The molecular formula is C17H24N6O2. The van der Waals surface area contributed by atoms with Gasteiger partial charge in [0.1, 0.15) is 24.0 Å². The highest BCUT2D eigenvalue weighted by atomic mass is 16.3. The standard InChI is InChI=1S/C17H24N6O2/c1-16(2,23-13-18-12-21-23)15(24)20-10-17(25)7-5-9-22(11-17)14-6-3-4-8-19-14/h3-4,6,8,12-13,25H,5,7,9-11H2,1-2H3,(H,20,24). The molecule has 0 saturated carbocycles. The molecule has 1 unspecified atom stereocenters. The molecule has 3 rings (SSSR count). The second kappa shape index (κ2) is 6.79. The Morgan fingerprint density at radius 1 is 1.44 bits per heavy atom. The summed E-state index contributed by atoms with van der Waals surface area (Å²) in [6, 6.07) is 5.72. The Morgan fingerprint density at radius 3 is 2.96 bits per heavy atom. The van der Waals surface area contributed by atoms with Gasteiger partial charge < -0.3 is 15.3 Å². The molecule has 1 atom stereocenters. The summed E-state index contributed by atoms with van der Waals surface area (Å²) in [6.45, 7) is 5.00. The fourth-order valence-electron chi connectivity index (χ4n) is 3.06. The second-order valence-corrected chi connectivity index (χ2v) is 7.02. The van der Waals surface area contributed by atoms with E-state index in [0.29, 0.717) is 13.0 Å². The first kappa shape index (κ1) is 17.3. The number of aliphatic hydroxyl groups is 1. The Kier molecular flexibility index (Phi) is 4.71. The van der Waals surface area contributed by atoms with E-state index in [1.54, 1.807) is 20.0 Å². The normalized spacial score (nSPS) is 21.2. The van der Waals surface area contributed by atoms with Crippen molar-refractivity contribution in [3.8, 4) is 0 Å². The molecule has 8 heteroatoms. The fraction of sp³-hybridized carbons (Fsp3) is 0.529. The predicted molar refractivity (Wildman–Crippen MR) is 93.0 cm³/mol. The molecule has 0 spiro atoms. The first-order valence-electron chi connectivity index (χ1n) is 8.42. The van der Waals surface area contributed by atoms with Gasteiger partial charge in [-0.2, -0.15) is 5.10 Å². The number of carbonyl (C=O) groups is 1. The van der Waals surface area contributed by atoms with Crippen molar-refractivity contribution in [3.63, 3.8) is 0 Å².